The highest BCUT2D eigenvalue weighted by Crippen LogP contribution is 2.45. The number of methoxy groups -OCH3 is 1. The van der Waals surface area contributed by atoms with E-state index in [1.807, 2.05) is 55.5 Å². The molecule has 0 saturated heterocycles. The summed E-state index contributed by atoms with van der Waals surface area (Å²) in [5, 5.41) is 0.960. The highest BCUT2D eigenvalue weighted by atomic mass is 28.4. The molecular formula is C26H37NO3Si. The van der Waals surface area contributed by atoms with Crippen LogP contribution in [0, 0.1) is 0 Å². The predicted molar refractivity (Wildman–Crippen MR) is 134 cm³/mol. The summed E-state index contributed by atoms with van der Waals surface area (Å²) in [7, 11) is -0.906. The van der Waals surface area contributed by atoms with Gasteiger partial charge in [-0.25, -0.2) is 9.36 Å². The number of aromatic nitrogens is 1. The van der Waals surface area contributed by atoms with Crippen LogP contribution in [0.5, 0.6) is 5.88 Å². The summed E-state index contributed by atoms with van der Waals surface area (Å²) in [4.78, 5) is 12.9. The number of hydrogen-bond acceptors (Lipinski definition) is 3. The Morgan fingerprint density at radius 1 is 1.03 bits per heavy atom. The minimum absolute atomic E-state index is 0.372. The summed E-state index contributed by atoms with van der Waals surface area (Å²) in [6, 6.07) is 7.86. The summed E-state index contributed by atoms with van der Waals surface area (Å²) < 4.78 is 13.8. The number of carbonyl (C=O) groups is 1. The summed E-state index contributed by atoms with van der Waals surface area (Å²) in [6.07, 6.45) is 7.44. The maximum absolute atomic E-state index is 12.9. The molecule has 2 aromatic rings. The second kappa shape index (κ2) is 10.2. The van der Waals surface area contributed by atoms with Gasteiger partial charge in [0.1, 0.15) is 0 Å². The maximum Gasteiger partial charge on any atom is 0.421 e. The van der Waals surface area contributed by atoms with Gasteiger partial charge in [0.25, 0.3) is 8.32 Å². The van der Waals surface area contributed by atoms with E-state index in [1.165, 1.54) is 7.11 Å². The number of nitrogens with zero attached hydrogens (tertiary/aromatic N) is 1. The normalized spacial score (nSPS) is 12.7. The van der Waals surface area contributed by atoms with Crippen LogP contribution in [0.4, 0.5) is 4.79 Å². The van der Waals surface area contributed by atoms with E-state index in [0.29, 0.717) is 22.5 Å². The number of hydrogen-bond donors (Lipinski definition) is 0. The first-order valence-corrected chi connectivity index (χ1v) is 13.1. The van der Waals surface area contributed by atoms with Gasteiger partial charge in [0.05, 0.1) is 12.6 Å². The first kappa shape index (κ1) is 24.7. The molecule has 0 aliphatic rings. The van der Waals surface area contributed by atoms with Crippen LogP contribution in [-0.2, 0) is 4.74 Å². The average molecular weight is 440 g/mol. The second-order valence-corrected chi connectivity index (χ2v) is 14.4. The summed E-state index contributed by atoms with van der Waals surface area (Å²) >= 11 is 0. The number of benzene rings is 1. The Balaban J connectivity index is 2.84. The van der Waals surface area contributed by atoms with Gasteiger partial charge in [-0.1, -0.05) is 90.1 Å². The van der Waals surface area contributed by atoms with Crippen LogP contribution in [0.3, 0.4) is 0 Å². The minimum Gasteiger partial charge on any atom is -0.530 e. The van der Waals surface area contributed by atoms with Crippen molar-refractivity contribution in [1.82, 2.24) is 4.57 Å². The topological polar surface area (TPSA) is 40.5 Å². The molecule has 1 aromatic heterocycles. The van der Waals surface area contributed by atoms with Crippen LogP contribution in [0.15, 0.2) is 54.6 Å². The Kier molecular flexibility index (Phi) is 8.13. The molecule has 0 unspecified atom stereocenters. The SMILES string of the molecule is C=C(C)/C=C/C=C/c1c(O[Si](C(C)C)(C(C)C)C(C)C)n(C(=O)OC)c2ccccc12. The van der Waals surface area contributed by atoms with Crippen LogP contribution in [0.25, 0.3) is 17.0 Å². The fourth-order valence-electron chi connectivity index (χ4n) is 4.67. The van der Waals surface area contributed by atoms with Gasteiger partial charge in [0.2, 0.25) is 0 Å². The average Bonchev–Trinajstić information content (AvgIpc) is 3.00. The third-order valence-corrected chi connectivity index (χ3v) is 11.9. The Morgan fingerprint density at radius 3 is 2.13 bits per heavy atom. The molecule has 4 nitrogen and oxygen atoms in total. The highest BCUT2D eigenvalue weighted by Gasteiger charge is 2.48. The third kappa shape index (κ3) is 4.87. The molecule has 0 bridgehead atoms. The molecule has 0 atom stereocenters. The lowest BCUT2D eigenvalue weighted by Crippen LogP contribution is -2.51. The van der Waals surface area contributed by atoms with Gasteiger partial charge < -0.3 is 9.16 Å². The van der Waals surface area contributed by atoms with Crippen molar-refractivity contribution in [3.05, 3.63) is 60.2 Å². The zero-order valence-electron chi connectivity index (χ0n) is 20.2. The molecule has 0 amide bonds. The smallest absolute Gasteiger partial charge is 0.421 e. The molecule has 168 valence electrons. The molecule has 0 spiro atoms. The van der Waals surface area contributed by atoms with E-state index in [9.17, 15) is 4.79 Å². The van der Waals surface area contributed by atoms with E-state index >= 15 is 0 Å². The van der Waals surface area contributed by atoms with E-state index in [1.54, 1.807) is 4.57 Å². The first-order chi connectivity index (χ1) is 14.6. The Labute approximate surface area is 188 Å². The lowest BCUT2D eigenvalue weighted by Gasteiger charge is -2.42. The molecule has 1 aromatic carbocycles. The molecular weight excluding hydrogens is 402 g/mol. The van der Waals surface area contributed by atoms with Crippen LogP contribution in [0.1, 0.15) is 54.0 Å². The summed E-state index contributed by atoms with van der Waals surface area (Å²) in [6.45, 7) is 19.3. The van der Waals surface area contributed by atoms with Gasteiger partial charge in [-0.15, -0.1) is 0 Å². The molecule has 2 rings (SSSR count). The Hall–Kier alpha value is -2.53. The molecule has 0 N–H and O–H groups in total. The van der Waals surface area contributed by atoms with Gasteiger partial charge in [-0.3, -0.25) is 0 Å². The molecule has 5 heteroatoms. The lowest BCUT2D eigenvalue weighted by molar-refractivity contribution is 0.172. The molecule has 1 heterocycles. The molecule has 31 heavy (non-hydrogen) atoms. The summed E-state index contributed by atoms with van der Waals surface area (Å²) in [5.74, 6) is 0.579. The van der Waals surface area contributed by atoms with Gasteiger partial charge in [0, 0.05) is 10.9 Å². The minimum atomic E-state index is -2.31. The maximum atomic E-state index is 12.9. The molecule has 0 fully saturated rings. The van der Waals surface area contributed by atoms with Crippen LogP contribution in [-0.4, -0.2) is 26.1 Å². The Morgan fingerprint density at radius 2 is 1.61 bits per heavy atom. The van der Waals surface area contributed by atoms with Crippen molar-refractivity contribution in [2.24, 2.45) is 0 Å². The number of allylic oxidation sites excluding steroid dienone is 4. The fraction of sp³-hybridized carbons (Fsp3) is 0.423. The quantitative estimate of drug-likeness (QED) is 0.309. The number of rotatable bonds is 8. The number of fused-ring (bicyclic) bond motifs is 1. The largest absolute Gasteiger partial charge is 0.530 e. The van der Waals surface area contributed by atoms with Crippen LogP contribution < -0.4 is 4.43 Å². The highest BCUT2D eigenvalue weighted by molar-refractivity contribution is 6.78. The summed E-state index contributed by atoms with van der Waals surface area (Å²) in [5.41, 5.74) is 3.77. The molecule has 0 radical (unpaired) electrons. The van der Waals surface area contributed by atoms with Crippen LogP contribution in [0.2, 0.25) is 16.6 Å². The zero-order valence-corrected chi connectivity index (χ0v) is 21.2. The molecule has 0 aliphatic carbocycles. The second-order valence-electron chi connectivity index (χ2n) is 9.03. The molecule has 0 saturated carbocycles. The van der Waals surface area contributed by atoms with Crippen molar-refractivity contribution in [3.63, 3.8) is 0 Å². The lowest BCUT2D eigenvalue weighted by atomic mass is 10.1. The third-order valence-electron chi connectivity index (χ3n) is 5.96. The van der Waals surface area contributed by atoms with Crippen molar-refractivity contribution in [2.45, 2.75) is 65.1 Å². The van der Waals surface area contributed by atoms with Gasteiger partial charge in [-0.2, -0.15) is 0 Å². The number of carbonyl (C=O) groups excluding carboxylic acids is 1. The number of para-hydroxylation sites is 1. The van der Waals surface area contributed by atoms with Crippen molar-refractivity contribution in [2.75, 3.05) is 7.11 Å². The van der Waals surface area contributed by atoms with Gasteiger partial charge in [-0.05, 0) is 35.7 Å². The fourth-order valence-corrected chi connectivity index (χ4v) is 9.91. The predicted octanol–water partition coefficient (Wildman–Crippen LogP) is 7.96. The van der Waals surface area contributed by atoms with E-state index in [2.05, 4.69) is 48.1 Å². The van der Waals surface area contributed by atoms with Crippen molar-refractivity contribution >= 4 is 31.4 Å². The van der Waals surface area contributed by atoms with Crippen molar-refractivity contribution in [1.29, 1.82) is 0 Å². The van der Waals surface area contributed by atoms with E-state index in [-0.39, 0.29) is 0 Å². The standard InChI is InChI=1S/C26H37NO3Si/c1-18(2)14-10-11-16-23-22-15-12-13-17-24(22)27(26(28)29-9)25(23)30-31(19(3)4,20(5)6)21(7)8/h10-17,19-21H,1H2,2-9H3/b14-10+,16-11+. The van der Waals surface area contributed by atoms with Crippen molar-refractivity contribution in [3.8, 4) is 5.88 Å². The van der Waals surface area contributed by atoms with E-state index < -0.39 is 14.4 Å². The van der Waals surface area contributed by atoms with Crippen LogP contribution >= 0.6 is 0 Å². The van der Waals surface area contributed by atoms with Crippen molar-refractivity contribution < 1.29 is 14.0 Å². The van der Waals surface area contributed by atoms with Gasteiger partial charge in [0.15, 0.2) is 5.88 Å². The van der Waals surface area contributed by atoms with E-state index in [0.717, 1.165) is 22.0 Å². The monoisotopic (exact) mass is 439 g/mol. The van der Waals surface area contributed by atoms with E-state index in [4.69, 9.17) is 9.16 Å². The molecule has 0 aliphatic heterocycles. The zero-order chi connectivity index (χ0) is 23.3. The Bertz CT molecular complexity index is 974. The van der Waals surface area contributed by atoms with Gasteiger partial charge >= 0.3 is 6.09 Å². The first-order valence-electron chi connectivity index (χ1n) is 11.0. The number of ether oxygens (including phenoxy) is 1.